The quantitative estimate of drug-likeness (QED) is 0.903. The van der Waals surface area contributed by atoms with Crippen LogP contribution in [0.5, 0.6) is 0 Å². The Bertz CT molecular complexity index is 766. The van der Waals surface area contributed by atoms with Gasteiger partial charge in [0.15, 0.2) is 0 Å². The van der Waals surface area contributed by atoms with Gasteiger partial charge in [-0.25, -0.2) is 0 Å². The molecule has 1 atom stereocenters. The van der Waals surface area contributed by atoms with Gasteiger partial charge in [0, 0.05) is 25.9 Å². The van der Waals surface area contributed by atoms with Gasteiger partial charge in [0.25, 0.3) is 5.91 Å². The van der Waals surface area contributed by atoms with Crippen LogP contribution >= 0.6 is 0 Å². The minimum atomic E-state index is -0.338. The number of nitrogens with zero attached hydrogens (tertiary/aromatic N) is 2. The molecule has 5 nitrogen and oxygen atoms in total. The summed E-state index contributed by atoms with van der Waals surface area (Å²) in [5.74, 6) is -0.163. The Balaban J connectivity index is 1.96. The predicted molar refractivity (Wildman–Crippen MR) is 82.7 cm³/mol. The second-order valence-corrected chi connectivity index (χ2v) is 5.51. The van der Waals surface area contributed by atoms with Gasteiger partial charge in [-0.3, -0.25) is 9.59 Å². The van der Waals surface area contributed by atoms with Gasteiger partial charge in [-0.2, -0.15) is 0 Å². The summed E-state index contributed by atoms with van der Waals surface area (Å²) in [4.78, 5) is 25.9. The first-order valence-corrected chi connectivity index (χ1v) is 7.28. The van der Waals surface area contributed by atoms with E-state index in [2.05, 4.69) is 0 Å². The van der Waals surface area contributed by atoms with Crippen molar-refractivity contribution in [3.63, 3.8) is 0 Å². The van der Waals surface area contributed by atoms with Gasteiger partial charge >= 0.3 is 0 Å². The van der Waals surface area contributed by atoms with Crippen molar-refractivity contribution < 1.29 is 9.90 Å². The van der Waals surface area contributed by atoms with Crippen LogP contribution in [0.2, 0.25) is 0 Å². The molecule has 1 aromatic carbocycles. The molecule has 3 rings (SSSR count). The highest BCUT2D eigenvalue weighted by Gasteiger charge is 2.30. The summed E-state index contributed by atoms with van der Waals surface area (Å²) in [6.07, 6.45) is 2.31. The number of pyridine rings is 1. The molecule has 22 heavy (non-hydrogen) atoms. The normalized spacial score (nSPS) is 17.2. The molecule has 0 saturated carbocycles. The minimum Gasteiger partial charge on any atom is -0.394 e. The van der Waals surface area contributed by atoms with Crippen LogP contribution in [0.25, 0.3) is 0 Å². The third kappa shape index (κ3) is 2.44. The summed E-state index contributed by atoms with van der Waals surface area (Å²) in [6, 6.07) is 10.5. The lowest BCUT2D eigenvalue weighted by molar-refractivity contribution is 0.0568. The number of hydrogen-bond donors (Lipinski definition) is 1. The summed E-state index contributed by atoms with van der Waals surface area (Å²) in [7, 11) is 1.62. The molecule has 0 radical (unpaired) electrons. The van der Waals surface area contributed by atoms with Gasteiger partial charge in [0.1, 0.15) is 0 Å². The standard InChI is InChI=1S/C17H18N2O3/c1-18-10-13(6-7-16(18)21)17(22)19-9-8-12-4-2-3-5-14(12)15(19)11-20/h2-7,10,15,20H,8-9,11H2,1H3/t15-/m1/s1. The fourth-order valence-corrected chi connectivity index (χ4v) is 2.98. The molecule has 1 amide bonds. The van der Waals surface area contributed by atoms with Crippen molar-refractivity contribution in [2.45, 2.75) is 12.5 Å². The molecule has 0 fully saturated rings. The lowest BCUT2D eigenvalue weighted by atomic mass is 9.92. The number of carbonyl (C=O) groups is 1. The third-order valence-electron chi connectivity index (χ3n) is 4.18. The average Bonchev–Trinajstić information content (AvgIpc) is 2.55. The highest BCUT2D eigenvalue weighted by molar-refractivity contribution is 5.94. The fourth-order valence-electron chi connectivity index (χ4n) is 2.98. The van der Waals surface area contributed by atoms with Gasteiger partial charge < -0.3 is 14.6 Å². The van der Waals surface area contributed by atoms with Crippen LogP contribution in [0.1, 0.15) is 27.5 Å². The first-order chi connectivity index (χ1) is 10.6. The van der Waals surface area contributed by atoms with Crippen LogP contribution in [0.3, 0.4) is 0 Å². The van der Waals surface area contributed by atoms with E-state index in [1.807, 2.05) is 24.3 Å². The zero-order valence-electron chi connectivity index (χ0n) is 12.4. The van der Waals surface area contributed by atoms with Crippen molar-refractivity contribution in [1.29, 1.82) is 0 Å². The van der Waals surface area contributed by atoms with Gasteiger partial charge in [0.2, 0.25) is 5.56 Å². The zero-order chi connectivity index (χ0) is 15.7. The molecule has 0 spiro atoms. The molecule has 0 bridgehead atoms. The summed E-state index contributed by atoms with van der Waals surface area (Å²) < 4.78 is 1.39. The summed E-state index contributed by atoms with van der Waals surface area (Å²) in [5.41, 5.74) is 2.47. The third-order valence-corrected chi connectivity index (χ3v) is 4.18. The van der Waals surface area contributed by atoms with Crippen LogP contribution in [0.4, 0.5) is 0 Å². The molecular formula is C17H18N2O3. The van der Waals surface area contributed by atoms with E-state index in [4.69, 9.17) is 0 Å². The Hall–Kier alpha value is -2.40. The second kappa shape index (κ2) is 5.77. The fraction of sp³-hybridized carbons (Fsp3) is 0.294. The van der Waals surface area contributed by atoms with Gasteiger partial charge in [0.05, 0.1) is 18.2 Å². The van der Waals surface area contributed by atoms with Crippen molar-refractivity contribution in [2.75, 3.05) is 13.2 Å². The molecule has 0 saturated heterocycles. The molecule has 114 valence electrons. The number of aliphatic hydroxyl groups excluding tert-OH is 1. The van der Waals surface area contributed by atoms with Crippen LogP contribution in [-0.4, -0.2) is 33.6 Å². The molecule has 1 aromatic heterocycles. The number of aliphatic hydroxyl groups is 1. The minimum absolute atomic E-state index is 0.117. The topological polar surface area (TPSA) is 62.5 Å². The predicted octanol–water partition coefficient (Wildman–Crippen LogP) is 1.12. The first kappa shape index (κ1) is 14.5. The highest BCUT2D eigenvalue weighted by atomic mass is 16.3. The highest BCUT2D eigenvalue weighted by Crippen LogP contribution is 2.30. The number of fused-ring (bicyclic) bond motifs is 1. The number of carbonyl (C=O) groups excluding carboxylic acids is 1. The second-order valence-electron chi connectivity index (χ2n) is 5.51. The van der Waals surface area contributed by atoms with Crippen LogP contribution in [0, 0.1) is 0 Å². The monoisotopic (exact) mass is 298 g/mol. The maximum Gasteiger partial charge on any atom is 0.255 e. The van der Waals surface area contributed by atoms with E-state index in [0.29, 0.717) is 12.1 Å². The van der Waals surface area contributed by atoms with Crippen molar-refractivity contribution in [2.24, 2.45) is 7.05 Å². The molecular weight excluding hydrogens is 280 g/mol. The Morgan fingerprint density at radius 3 is 2.77 bits per heavy atom. The van der Waals surface area contributed by atoms with E-state index in [0.717, 1.165) is 12.0 Å². The van der Waals surface area contributed by atoms with Gasteiger partial charge in [-0.15, -0.1) is 0 Å². The molecule has 1 N–H and O–H groups in total. The summed E-state index contributed by atoms with van der Waals surface area (Å²) >= 11 is 0. The zero-order valence-corrected chi connectivity index (χ0v) is 12.4. The Kier molecular flexibility index (Phi) is 3.81. The number of hydrogen-bond acceptors (Lipinski definition) is 3. The van der Waals surface area contributed by atoms with Gasteiger partial charge in [-0.05, 0) is 23.6 Å². The van der Waals surface area contributed by atoms with Crippen molar-refractivity contribution >= 4 is 5.91 Å². The smallest absolute Gasteiger partial charge is 0.255 e. The van der Waals surface area contributed by atoms with E-state index >= 15 is 0 Å². The molecule has 2 heterocycles. The lowest BCUT2D eigenvalue weighted by Gasteiger charge is -2.36. The number of benzene rings is 1. The molecule has 5 heteroatoms. The number of aromatic nitrogens is 1. The largest absolute Gasteiger partial charge is 0.394 e. The van der Waals surface area contributed by atoms with E-state index in [-0.39, 0.29) is 24.1 Å². The van der Waals surface area contributed by atoms with Gasteiger partial charge in [-0.1, -0.05) is 24.3 Å². The van der Waals surface area contributed by atoms with E-state index in [9.17, 15) is 14.7 Å². The average molecular weight is 298 g/mol. The number of amides is 1. The van der Waals surface area contributed by atoms with E-state index < -0.39 is 0 Å². The number of aryl methyl sites for hydroxylation is 1. The molecule has 1 aliphatic rings. The van der Waals surface area contributed by atoms with E-state index in [1.165, 1.54) is 16.2 Å². The Morgan fingerprint density at radius 1 is 1.27 bits per heavy atom. The Labute approximate surface area is 128 Å². The van der Waals surface area contributed by atoms with E-state index in [1.54, 1.807) is 24.2 Å². The molecule has 0 unspecified atom stereocenters. The maximum absolute atomic E-state index is 12.7. The molecule has 1 aliphatic heterocycles. The molecule has 2 aromatic rings. The molecule has 0 aliphatic carbocycles. The summed E-state index contributed by atoms with van der Waals surface area (Å²) in [6.45, 7) is 0.443. The van der Waals surface area contributed by atoms with Crippen LogP contribution < -0.4 is 5.56 Å². The van der Waals surface area contributed by atoms with Crippen molar-refractivity contribution in [3.8, 4) is 0 Å². The van der Waals surface area contributed by atoms with Crippen LogP contribution in [-0.2, 0) is 13.5 Å². The summed E-state index contributed by atoms with van der Waals surface area (Å²) in [5, 5.41) is 9.75. The lowest BCUT2D eigenvalue weighted by Crippen LogP contribution is -2.42. The van der Waals surface area contributed by atoms with Crippen LogP contribution in [0.15, 0.2) is 47.4 Å². The van der Waals surface area contributed by atoms with Crippen molar-refractivity contribution in [1.82, 2.24) is 9.47 Å². The Morgan fingerprint density at radius 2 is 2.05 bits per heavy atom. The maximum atomic E-state index is 12.7. The first-order valence-electron chi connectivity index (χ1n) is 7.28. The number of rotatable bonds is 2. The van der Waals surface area contributed by atoms with Crippen molar-refractivity contribution in [3.05, 3.63) is 69.6 Å². The SMILES string of the molecule is Cn1cc(C(=O)N2CCc3ccccc3[C@H]2CO)ccc1=O.